The Bertz CT molecular complexity index is 549. The van der Waals surface area contributed by atoms with Gasteiger partial charge in [-0.15, -0.1) is 0 Å². The molecule has 98 valence electrons. The van der Waals surface area contributed by atoms with Crippen LogP contribution in [0.15, 0.2) is 22.0 Å². The average Bonchev–Trinajstić information content (AvgIpc) is 2.25. The van der Waals surface area contributed by atoms with Gasteiger partial charge in [0.25, 0.3) is 5.56 Å². The second-order valence-corrected chi connectivity index (χ2v) is 4.75. The average molecular weight is 248 g/mol. The molecule has 1 rings (SSSR count). The molecular weight excluding hydrogens is 228 g/mol. The van der Waals surface area contributed by atoms with Crippen molar-refractivity contribution in [2.45, 2.75) is 41.2 Å². The highest BCUT2D eigenvalue weighted by Crippen LogP contribution is 2.05. The molecule has 1 aromatic rings. The molecular formula is C14H20N2O2. The lowest BCUT2D eigenvalue weighted by atomic mass is 10.1. The highest BCUT2D eigenvalue weighted by atomic mass is 16.1. The number of amides is 1. The van der Waals surface area contributed by atoms with E-state index in [2.05, 4.69) is 10.3 Å². The first kappa shape index (κ1) is 14.2. The molecule has 0 saturated heterocycles. The van der Waals surface area contributed by atoms with Crippen molar-refractivity contribution in [1.82, 2.24) is 10.3 Å². The third-order valence-electron chi connectivity index (χ3n) is 3.01. The number of nitrogens with one attached hydrogen (secondary N) is 2. The first-order chi connectivity index (χ1) is 8.32. The van der Waals surface area contributed by atoms with Gasteiger partial charge in [0.1, 0.15) is 0 Å². The molecule has 4 nitrogen and oxygen atoms in total. The largest absolute Gasteiger partial charge is 0.348 e. The minimum Gasteiger partial charge on any atom is -0.348 e. The fraction of sp³-hybridized carbons (Fsp3) is 0.429. The van der Waals surface area contributed by atoms with Gasteiger partial charge in [-0.25, -0.2) is 0 Å². The summed E-state index contributed by atoms with van der Waals surface area (Å²) in [6.07, 6.45) is 0. The van der Waals surface area contributed by atoms with Crippen LogP contribution in [0.1, 0.15) is 37.6 Å². The maximum Gasteiger partial charge on any atom is 0.253 e. The summed E-state index contributed by atoms with van der Waals surface area (Å²) < 4.78 is 0. The van der Waals surface area contributed by atoms with E-state index in [4.69, 9.17) is 0 Å². The molecule has 1 aromatic heterocycles. The number of aromatic nitrogens is 1. The minimum absolute atomic E-state index is 0.130. The number of carbonyl (C=O) groups is 1. The van der Waals surface area contributed by atoms with Crippen LogP contribution in [0, 0.1) is 13.8 Å². The van der Waals surface area contributed by atoms with Crippen LogP contribution < -0.4 is 10.9 Å². The van der Waals surface area contributed by atoms with E-state index in [0.717, 1.165) is 16.8 Å². The van der Waals surface area contributed by atoms with E-state index in [0.29, 0.717) is 11.1 Å². The third-order valence-corrected chi connectivity index (χ3v) is 3.01. The lowest BCUT2D eigenvalue weighted by Gasteiger charge is -2.09. The first-order valence-electron chi connectivity index (χ1n) is 5.94. The van der Waals surface area contributed by atoms with Gasteiger partial charge in [0, 0.05) is 23.4 Å². The van der Waals surface area contributed by atoms with E-state index >= 15 is 0 Å². The monoisotopic (exact) mass is 248 g/mol. The fourth-order valence-corrected chi connectivity index (χ4v) is 1.63. The SMILES string of the molecule is CC(C)=C(C)C(=O)NCc1c(C)cc(C)[nH]c1=O. The number of aromatic amines is 1. The van der Waals surface area contributed by atoms with Crippen molar-refractivity contribution in [3.63, 3.8) is 0 Å². The summed E-state index contributed by atoms with van der Waals surface area (Å²) in [4.78, 5) is 26.3. The number of hydrogen-bond acceptors (Lipinski definition) is 2. The van der Waals surface area contributed by atoms with Crippen molar-refractivity contribution in [3.05, 3.63) is 44.4 Å². The second kappa shape index (κ2) is 5.67. The van der Waals surface area contributed by atoms with Crippen molar-refractivity contribution in [2.24, 2.45) is 0 Å². The van der Waals surface area contributed by atoms with Gasteiger partial charge >= 0.3 is 0 Å². The molecule has 0 saturated carbocycles. The van der Waals surface area contributed by atoms with Crippen LogP contribution in [-0.2, 0) is 11.3 Å². The number of carbonyl (C=O) groups excluding carboxylic acids is 1. The first-order valence-corrected chi connectivity index (χ1v) is 5.94. The van der Waals surface area contributed by atoms with E-state index in [9.17, 15) is 9.59 Å². The summed E-state index contributed by atoms with van der Waals surface area (Å²) in [5.41, 5.74) is 3.86. The molecule has 0 bridgehead atoms. The Morgan fingerprint density at radius 3 is 2.39 bits per heavy atom. The molecule has 0 unspecified atom stereocenters. The zero-order valence-corrected chi connectivity index (χ0v) is 11.6. The maximum absolute atomic E-state index is 11.8. The Balaban J connectivity index is 2.86. The van der Waals surface area contributed by atoms with Crippen molar-refractivity contribution in [2.75, 3.05) is 0 Å². The lowest BCUT2D eigenvalue weighted by Crippen LogP contribution is -2.28. The fourth-order valence-electron chi connectivity index (χ4n) is 1.63. The number of hydrogen-bond donors (Lipinski definition) is 2. The summed E-state index contributed by atoms with van der Waals surface area (Å²) in [6, 6.07) is 1.90. The number of H-pyrrole nitrogens is 1. The van der Waals surface area contributed by atoms with Gasteiger partial charge in [0.15, 0.2) is 0 Å². The van der Waals surface area contributed by atoms with E-state index in [1.54, 1.807) is 6.92 Å². The Labute approximate surface area is 107 Å². The molecule has 0 radical (unpaired) electrons. The van der Waals surface area contributed by atoms with Gasteiger partial charge in [-0.05, 0) is 46.2 Å². The highest BCUT2D eigenvalue weighted by molar-refractivity contribution is 5.93. The molecule has 0 fully saturated rings. The van der Waals surface area contributed by atoms with Crippen LogP contribution in [0.5, 0.6) is 0 Å². The van der Waals surface area contributed by atoms with E-state index in [1.165, 1.54) is 0 Å². The number of pyridine rings is 1. The second-order valence-electron chi connectivity index (χ2n) is 4.75. The number of aryl methyl sites for hydroxylation is 2. The van der Waals surface area contributed by atoms with E-state index in [-0.39, 0.29) is 18.0 Å². The van der Waals surface area contributed by atoms with Crippen LogP contribution >= 0.6 is 0 Å². The smallest absolute Gasteiger partial charge is 0.253 e. The topological polar surface area (TPSA) is 62.0 Å². The Kier molecular flexibility index (Phi) is 4.48. The predicted octanol–water partition coefficient (Wildman–Crippen LogP) is 1.96. The number of allylic oxidation sites excluding steroid dienone is 1. The number of rotatable bonds is 3. The van der Waals surface area contributed by atoms with Crippen LogP contribution in [0.25, 0.3) is 0 Å². The molecule has 4 heteroatoms. The normalized spacial score (nSPS) is 10.1. The van der Waals surface area contributed by atoms with Crippen LogP contribution in [-0.4, -0.2) is 10.9 Å². The van der Waals surface area contributed by atoms with Gasteiger partial charge in [0.05, 0.1) is 0 Å². The Morgan fingerprint density at radius 1 is 1.28 bits per heavy atom. The zero-order valence-electron chi connectivity index (χ0n) is 11.6. The van der Waals surface area contributed by atoms with Crippen LogP contribution in [0.3, 0.4) is 0 Å². The van der Waals surface area contributed by atoms with Gasteiger partial charge in [-0.1, -0.05) is 5.57 Å². The van der Waals surface area contributed by atoms with E-state index < -0.39 is 0 Å². The van der Waals surface area contributed by atoms with Gasteiger partial charge in [0.2, 0.25) is 5.91 Å². The van der Waals surface area contributed by atoms with Gasteiger partial charge in [-0.3, -0.25) is 9.59 Å². The van der Waals surface area contributed by atoms with Crippen LogP contribution in [0.4, 0.5) is 0 Å². The highest BCUT2D eigenvalue weighted by Gasteiger charge is 2.09. The molecule has 1 heterocycles. The lowest BCUT2D eigenvalue weighted by molar-refractivity contribution is -0.117. The van der Waals surface area contributed by atoms with Gasteiger partial charge < -0.3 is 10.3 Å². The molecule has 0 aliphatic rings. The molecule has 0 aliphatic heterocycles. The maximum atomic E-state index is 11.8. The minimum atomic E-state index is -0.136. The molecule has 18 heavy (non-hydrogen) atoms. The zero-order chi connectivity index (χ0) is 13.9. The molecule has 0 aliphatic carbocycles. The Morgan fingerprint density at radius 2 is 1.89 bits per heavy atom. The summed E-state index contributed by atoms with van der Waals surface area (Å²) >= 11 is 0. The van der Waals surface area contributed by atoms with Crippen LogP contribution in [0.2, 0.25) is 0 Å². The quantitative estimate of drug-likeness (QED) is 0.803. The summed E-state index contributed by atoms with van der Waals surface area (Å²) in [7, 11) is 0. The van der Waals surface area contributed by atoms with Crippen molar-refractivity contribution < 1.29 is 4.79 Å². The molecule has 0 aromatic carbocycles. The van der Waals surface area contributed by atoms with E-state index in [1.807, 2.05) is 33.8 Å². The molecule has 2 N–H and O–H groups in total. The Hall–Kier alpha value is -1.84. The molecule has 0 atom stereocenters. The summed E-state index contributed by atoms with van der Waals surface area (Å²) in [5, 5.41) is 2.76. The standard InChI is InChI=1S/C14H20N2O2/c1-8(2)11(5)13(17)15-7-12-9(3)6-10(4)16-14(12)18/h6H,7H2,1-5H3,(H,15,17)(H,16,18). The molecule has 1 amide bonds. The molecule has 0 spiro atoms. The summed E-state index contributed by atoms with van der Waals surface area (Å²) in [6.45, 7) is 9.51. The van der Waals surface area contributed by atoms with Crippen molar-refractivity contribution in [3.8, 4) is 0 Å². The van der Waals surface area contributed by atoms with Gasteiger partial charge in [-0.2, -0.15) is 0 Å². The third kappa shape index (κ3) is 3.32. The predicted molar refractivity (Wildman–Crippen MR) is 72.4 cm³/mol. The van der Waals surface area contributed by atoms with Crippen molar-refractivity contribution >= 4 is 5.91 Å². The summed E-state index contributed by atoms with van der Waals surface area (Å²) in [5.74, 6) is -0.130. The van der Waals surface area contributed by atoms with Crippen molar-refractivity contribution in [1.29, 1.82) is 0 Å².